The summed E-state index contributed by atoms with van der Waals surface area (Å²) in [6, 6.07) is 6.41. The van der Waals surface area contributed by atoms with E-state index in [1.807, 2.05) is 12.4 Å². The number of hydrogen-bond acceptors (Lipinski definition) is 2. The monoisotopic (exact) mass is 228 g/mol. The second-order valence-corrected chi connectivity index (χ2v) is 5.43. The summed E-state index contributed by atoms with van der Waals surface area (Å²) < 4.78 is 7.85. The van der Waals surface area contributed by atoms with Crippen LogP contribution in [0.2, 0.25) is 0 Å². The molecular weight excluding hydrogens is 212 g/mol. The molecule has 0 atom stereocenters. The molecule has 1 aliphatic rings. The largest absolute Gasteiger partial charge is 0.483 e. The van der Waals surface area contributed by atoms with E-state index in [9.17, 15) is 0 Å². The second kappa shape index (κ2) is 3.36. The van der Waals surface area contributed by atoms with Gasteiger partial charge in [0.2, 0.25) is 0 Å². The number of rotatable bonds is 0. The third-order valence-corrected chi connectivity index (χ3v) is 3.16. The van der Waals surface area contributed by atoms with Crippen molar-refractivity contribution in [3.8, 4) is 11.4 Å². The molecule has 0 aliphatic carbocycles. The second-order valence-electron chi connectivity index (χ2n) is 5.43. The molecule has 1 aromatic carbocycles. The Hall–Kier alpha value is -1.77. The van der Waals surface area contributed by atoms with Crippen molar-refractivity contribution in [3.63, 3.8) is 0 Å². The highest BCUT2D eigenvalue weighted by molar-refractivity contribution is 5.52. The van der Waals surface area contributed by atoms with Gasteiger partial charge in [0.1, 0.15) is 12.4 Å². The quantitative estimate of drug-likeness (QED) is 0.693. The van der Waals surface area contributed by atoms with E-state index in [1.165, 1.54) is 5.56 Å². The van der Waals surface area contributed by atoms with Gasteiger partial charge in [-0.2, -0.15) is 0 Å². The van der Waals surface area contributed by atoms with Gasteiger partial charge in [-0.3, -0.25) is 4.57 Å². The number of fused-ring (bicyclic) bond motifs is 3. The van der Waals surface area contributed by atoms with Crippen LogP contribution in [0.4, 0.5) is 0 Å². The Kier molecular flexibility index (Phi) is 2.05. The van der Waals surface area contributed by atoms with E-state index in [1.54, 1.807) is 0 Å². The summed E-state index contributed by atoms with van der Waals surface area (Å²) in [7, 11) is 0. The zero-order valence-electron chi connectivity index (χ0n) is 10.4. The molecule has 0 saturated carbocycles. The van der Waals surface area contributed by atoms with Crippen molar-refractivity contribution in [2.45, 2.75) is 32.8 Å². The van der Waals surface area contributed by atoms with Crippen molar-refractivity contribution < 1.29 is 4.74 Å². The summed E-state index contributed by atoms with van der Waals surface area (Å²) in [6.45, 7) is 7.17. The smallest absolute Gasteiger partial charge is 0.151 e. The first-order chi connectivity index (χ1) is 8.05. The maximum atomic E-state index is 5.76. The van der Waals surface area contributed by atoms with Crippen LogP contribution < -0.4 is 4.74 Å². The summed E-state index contributed by atoms with van der Waals surface area (Å²) in [5, 5.41) is 0. The molecule has 17 heavy (non-hydrogen) atoms. The Morgan fingerprint density at radius 1 is 1.29 bits per heavy atom. The van der Waals surface area contributed by atoms with Gasteiger partial charge < -0.3 is 4.74 Å². The number of ether oxygens (including phenoxy) is 1. The van der Waals surface area contributed by atoms with E-state index in [0.29, 0.717) is 6.61 Å². The molecule has 88 valence electrons. The average molecular weight is 228 g/mol. The summed E-state index contributed by atoms with van der Waals surface area (Å²) >= 11 is 0. The SMILES string of the molecule is CC(C)(C)c1ccc2c(c1)OCc1nccn1-2. The molecule has 3 rings (SSSR count). The number of benzene rings is 1. The first kappa shape index (κ1) is 10.4. The van der Waals surface area contributed by atoms with Crippen molar-refractivity contribution in [2.24, 2.45) is 0 Å². The van der Waals surface area contributed by atoms with Gasteiger partial charge in [-0.05, 0) is 23.1 Å². The summed E-state index contributed by atoms with van der Waals surface area (Å²) in [5.41, 5.74) is 2.52. The highest BCUT2D eigenvalue weighted by Crippen LogP contribution is 2.33. The first-order valence-corrected chi connectivity index (χ1v) is 5.85. The molecule has 2 aromatic rings. The Labute approximate surface area is 101 Å². The van der Waals surface area contributed by atoms with Crippen LogP contribution in [0.1, 0.15) is 32.2 Å². The lowest BCUT2D eigenvalue weighted by molar-refractivity contribution is 0.279. The van der Waals surface area contributed by atoms with Crippen LogP contribution in [0.5, 0.6) is 5.75 Å². The predicted octanol–water partition coefficient (Wildman–Crippen LogP) is 3.06. The number of aromatic nitrogens is 2. The van der Waals surface area contributed by atoms with Crippen LogP contribution in [-0.2, 0) is 12.0 Å². The highest BCUT2D eigenvalue weighted by Gasteiger charge is 2.20. The van der Waals surface area contributed by atoms with Crippen LogP contribution in [0.25, 0.3) is 5.69 Å². The minimum absolute atomic E-state index is 0.146. The fourth-order valence-electron chi connectivity index (χ4n) is 2.10. The molecule has 1 aliphatic heterocycles. The van der Waals surface area contributed by atoms with Crippen LogP contribution in [0, 0.1) is 0 Å². The molecule has 3 nitrogen and oxygen atoms in total. The highest BCUT2D eigenvalue weighted by atomic mass is 16.5. The molecule has 0 radical (unpaired) electrons. The van der Waals surface area contributed by atoms with Crippen molar-refractivity contribution in [1.29, 1.82) is 0 Å². The van der Waals surface area contributed by atoms with E-state index in [0.717, 1.165) is 17.3 Å². The molecule has 0 unspecified atom stereocenters. The minimum atomic E-state index is 0.146. The molecule has 0 spiro atoms. The summed E-state index contributed by atoms with van der Waals surface area (Å²) in [4.78, 5) is 4.26. The van der Waals surface area contributed by atoms with Crippen LogP contribution >= 0.6 is 0 Å². The molecule has 3 heteroatoms. The molecular formula is C14H16N2O. The van der Waals surface area contributed by atoms with E-state index >= 15 is 0 Å². The van der Waals surface area contributed by atoms with E-state index in [2.05, 4.69) is 48.5 Å². The van der Waals surface area contributed by atoms with Gasteiger partial charge in [0, 0.05) is 12.4 Å². The maximum absolute atomic E-state index is 5.76. The van der Waals surface area contributed by atoms with Gasteiger partial charge in [0.15, 0.2) is 5.82 Å². The van der Waals surface area contributed by atoms with E-state index in [4.69, 9.17) is 4.74 Å². The van der Waals surface area contributed by atoms with Crippen molar-refractivity contribution >= 4 is 0 Å². The first-order valence-electron chi connectivity index (χ1n) is 5.85. The maximum Gasteiger partial charge on any atom is 0.151 e. The van der Waals surface area contributed by atoms with Gasteiger partial charge in [-0.15, -0.1) is 0 Å². The molecule has 0 amide bonds. The van der Waals surface area contributed by atoms with Crippen molar-refractivity contribution in [3.05, 3.63) is 42.0 Å². The molecule has 0 fully saturated rings. The van der Waals surface area contributed by atoms with Crippen molar-refractivity contribution in [2.75, 3.05) is 0 Å². The molecule has 0 saturated heterocycles. The molecule has 0 N–H and O–H groups in total. The van der Waals surface area contributed by atoms with Crippen LogP contribution in [-0.4, -0.2) is 9.55 Å². The lowest BCUT2D eigenvalue weighted by Crippen LogP contribution is -2.16. The van der Waals surface area contributed by atoms with Gasteiger partial charge in [0.25, 0.3) is 0 Å². The van der Waals surface area contributed by atoms with Gasteiger partial charge >= 0.3 is 0 Å². The third-order valence-electron chi connectivity index (χ3n) is 3.16. The molecule has 0 bridgehead atoms. The number of hydrogen-bond donors (Lipinski definition) is 0. The normalized spacial score (nSPS) is 13.8. The fraction of sp³-hybridized carbons (Fsp3) is 0.357. The lowest BCUT2D eigenvalue weighted by atomic mass is 9.87. The zero-order chi connectivity index (χ0) is 12.0. The topological polar surface area (TPSA) is 27.1 Å². The third kappa shape index (κ3) is 1.62. The average Bonchev–Trinajstić information content (AvgIpc) is 2.75. The zero-order valence-corrected chi connectivity index (χ0v) is 10.4. The number of nitrogens with zero attached hydrogens (tertiary/aromatic N) is 2. The fourth-order valence-corrected chi connectivity index (χ4v) is 2.10. The molecule has 2 heterocycles. The van der Waals surface area contributed by atoms with Gasteiger partial charge in [0.05, 0.1) is 5.69 Å². The van der Waals surface area contributed by atoms with Crippen LogP contribution in [0.15, 0.2) is 30.6 Å². The van der Waals surface area contributed by atoms with E-state index in [-0.39, 0.29) is 5.41 Å². The summed E-state index contributed by atoms with van der Waals surface area (Å²) in [6.07, 6.45) is 3.79. The number of imidazole rings is 1. The minimum Gasteiger partial charge on any atom is -0.483 e. The molecule has 1 aromatic heterocycles. The van der Waals surface area contributed by atoms with Crippen LogP contribution in [0.3, 0.4) is 0 Å². The summed E-state index contributed by atoms with van der Waals surface area (Å²) in [5.74, 6) is 1.91. The standard InChI is InChI=1S/C14H16N2O/c1-14(2,3)10-4-5-11-12(8-10)17-9-13-15-6-7-16(11)13/h4-8H,9H2,1-3H3. The van der Waals surface area contributed by atoms with Crippen molar-refractivity contribution in [1.82, 2.24) is 9.55 Å². The van der Waals surface area contributed by atoms with Gasteiger partial charge in [-0.1, -0.05) is 26.8 Å². The Bertz CT molecular complexity index is 564. The Morgan fingerprint density at radius 2 is 2.12 bits per heavy atom. The predicted molar refractivity (Wildman–Crippen MR) is 66.6 cm³/mol. The lowest BCUT2D eigenvalue weighted by Gasteiger charge is -2.24. The Balaban J connectivity index is 2.14. The Morgan fingerprint density at radius 3 is 2.88 bits per heavy atom. The van der Waals surface area contributed by atoms with E-state index < -0.39 is 0 Å². The van der Waals surface area contributed by atoms with Gasteiger partial charge in [-0.25, -0.2) is 4.98 Å².